The molecule has 4 atom stereocenters. The molecule has 1 saturated heterocycles. The minimum atomic E-state index is 0.496. The van der Waals surface area contributed by atoms with Crippen LogP contribution in [0, 0.1) is 0 Å². The number of nitrogens with zero attached hydrogens (tertiary/aromatic N) is 1. The summed E-state index contributed by atoms with van der Waals surface area (Å²) in [5, 5.41) is 3.55. The van der Waals surface area contributed by atoms with Gasteiger partial charge in [-0.25, -0.2) is 0 Å². The summed E-state index contributed by atoms with van der Waals surface area (Å²) in [6.45, 7) is 6.96. The maximum atomic E-state index is 5.53. The Balaban J connectivity index is 1.94. The predicted octanol–water partition coefficient (Wildman–Crippen LogP) is 1.63. The van der Waals surface area contributed by atoms with Gasteiger partial charge in [0.25, 0.3) is 0 Å². The molecule has 0 bridgehead atoms. The molecule has 0 amide bonds. The van der Waals surface area contributed by atoms with Crippen LogP contribution in [0.3, 0.4) is 0 Å². The van der Waals surface area contributed by atoms with E-state index in [9.17, 15) is 0 Å². The van der Waals surface area contributed by atoms with Gasteiger partial charge in [-0.3, -0.25) is 4.90 Å². The van der Waals surface area contributed by atoms with E-state index in [1.54, 1.807) is 0 Å². The van der Waals surface area contributed by atoms with E-state index < -0.39 is 0 Å². The lowest BCUT2D eigenvalue weighted by Crippen LogP contribution is -2.58. The van der Waals surface area contributed by atoms with Gasteiger partial charge >= 0.3 is 0 Å². The summed E-state index contributed by atoms with van der Waals surface area (Å²) in [6, 6.07) is 2.06. The quantitative estimate of drug-likeness (QED) is 0.774. The molecule has 2 rings (SSSR count). The summed E-state index contributed by atoms with van der Waals surface area (Å²) >= 11 is 0. The Morgan fingerprint density at radius 1 is 1.25 bits per heavy atom. The van der Waals surface area contributed by atoms with Crippen LogP contribution in [-0.2, 0) is 4.74 Å². The van der Waals surface area contributed by atoms with Crippen molar-refractivity contribution in [1.29, 1.82) is 0 Å². The molecule has 1 saturated carbocycles. The smallest absolute Gasteiger partial charge is 0.0586 e. The van der Waals surface area contributed by atoms with Gasteiger partial charge in [-0.15, -0.1) is 0 Å². The van der Waals surface area contributed by atoms with Crippen molar-refractivity contribution in [2.75, 3.05) is 20.2 Å². The van der Waals surface area contributed by atoms with E-state index in [0.717, 1.165) is 12.6 Å². The molecule has 3 heteroatoms. The standard InChI is InChI=1S/C13H26N2O/c1-10-9-15(11(2)8-14-10)12-5-4-6-13(7-12)16-3/h10-14H,4-9H2,1-3H3. The van der Waals surface area contributed by atoms with E-state index in [0.29, 0.717) is 18.2 Å². The normalized spacial score (nSPS) is 42.2. The molecule has 1 heterocycles. The molecule has 94 valence electrons. The Morgan fingerprint density at radius 3 is 2.81 bits per heavy atom. The highest BCUT2D eigenvalue weighted by atomic mass is 16.5. The lowest BCUT2D eigenvalue weighted by atomic mass is 9.90. The van der Waals surface area contributed by atoms with E-state index in [1.807, 2.05) is 7.11 Å². The molecule has 0 spiro atoms. The molecule has 0 aromatic carbocycles. The molecule has 3 nitrogen and oxygen atoms in total. The third-order valence-corrected chi connectivity index (χ3v) is 4.21. The monoisotopic (exact) mass is 226 g/mol. The average Bonchev–Trinajstić information content (AvgIpc) is 2.32. The van der Waals surface area contributed by atoms with Gasteiger partial charge in [-0.1, -0.05) is 0 Å². The highest BCUT2D eigenvalue weighted by molar-refractivity contribution is 4.89. The fourth-order valence-electron chi connectivity index (χ4n) is 3.19. The second-order valence-electron chi connectivity index (χ2n) is 5.53. The minimum absolute atomic E-state index is 0.496. The average molecular weight is 226 g/mol. The summed E-state index contributed by atoms with van der Waals surface area (Å²) in [6.07, 6.45) is 5.66. The fraction of sp³-hybridized carbons (Fsp3) is 1.00. The van der Waals surface area contributed by atoms with E-state index in [2.05, 4.69) is 24.1 Å². The first-order valence-corrected chi connectivity index (χ1v) is 6.72. The predicted molar refractivity (Wildman–Crippen MR) is 66.7 cm³/mol. The van der Waals surface area contributed by atoms with Crippen molar-refractivity contribution in [2.24, 2.45) is 0 Å². The van der Waals surface area contributed by atoms with Gasteiger partial charge < -0.3 is 10.1 Å². The molecule has 2 fully saturated rings. The minimum Gasteiger partial charge on any atom is -0.381 e. The van der Waals surface area contributed by atoms with Crippen LogP contribution >= 0.6 is 0 Å². The van der Waals surface area contributed by atoms with Crippen LogP contribution in [0.5, 0.6) is 0 Å². The summed E-state index contributed by atoms with van der Waals surface area (Å²) in [4.78, 5) is 2.70. The summed E-state index contributed by atoms with van der Waals surface area (Å²) < 4.78 is 5.53. The largest absolute Gasteiger partial charge is 0.381 e. The number of nitrogens with one attached hydrogen (secondary N) is 1. The Labute approximate surface area is 99.5 Å². The first-order chi connectivity index (χ1) is 7.70. The first-order valence-electron chi connectivity index (χ1n) is 6.72. The highest BCUT2D eigenvalue weighted by Crippen LogP contribution is 2.27. The lowest BCUT2D eigenvalue weighted by Gasteiger charge is -2.45. The first kappa shape index (κ1) is 12.3. The van der Waals surface area contributed by atoms with Gasteiger partial charge in [0.1, 0.15) is 0 Å². The van der Waals surface area contributed by atoms with Gasteiger partial charge in [0.2, 0.25) is 0 Å². The molecule has 0 aromatic heterocycles. The lowest BCUT2D eigenvalue weighted by molar-refractivity contribution is 0.00489. The van der Waals surface area contributed by atoms with Crippen LogP contribution in [-0.4, -0.2) is 49.3 Å². The second kappa shape index (κ2) is 5.48. The highest BCUT2D eigenvalue weighted by Gasteiger charge is 2.32. The van der Waals surface area contributed by atoms with Crippen molar-refractivity contribution in [3.8, 4) is 0 Å². The zero-order chi connectivity index (χ0) is 11.5. The molecule has 0 aromatic rings. The van der Waals surface area contributed by atoms with Crippen LogP contribution in [0.25, 0.3) is 0 Å². The Bertz CT molecular complexity index is 222. The molecular weight excluding hydrogens is 200 g/mol. The number of rotatable bonds is 2. The van der Waals surface area contributed by atoms with Crippen molar-refractivity contribution in [1.82, 2.24) is 10.2 Å². The maximum Gasteiger partial charge on any atom is 0.0586 e. The Kier molecular flexibility index (Phi) is 4.22. The Morgan fingerprint density at radius 2 is 2.06 bits per heavy atom. The van der Waals surface area contributed by atoms with Gasteiger partial charge in [0.15, 0.2) is 0 Å². The van der Waals surface area contributed by atoms with Gasteiger partial charge in [0.05, 0.1) is 6.10 Å². The van der Waals surface area contributed by atoms with Crippen molar-refractivity contribution in [3.63, 3.8) is 0 Å². The van der Waals surface area contributed by atoms with Crippen LogP contribution in [0.1, 0.15) is 39.5 Å². The molecule has 1 aliphatic carbocycles. The summed E-state index contributed by atoms with van der Waals surface area (Å²) in [5.74, 6) is 0. The third kappa shape index (κ3) is 2.76. The fourth-order valence-corrected chi connectivity index (χ4v) is 3.19. The van der Waals surface area contributed by atoms with E-state index in [-0.39, 0.29) is 0 Å². The molecule has 0 radical (unpaired) electrons. The molecular formula is C13H26N2O. The number of ether oxygens (including phenoxy) is 1. The van der Waals surface area contributed by atoms with E-state index in [1.165, 1.54) is 32.2 Å². The molecule has 16 heavy (non-hydrogen) atoms. The van der Waals surface area contributed by atoms with Crippen LogP contribution in [0.4, 0.5) is 0 Å². The van der Waals surface area contributed by atoms with Crippen LogP contribution in [0.15, 0.2) is 0 Å². The number of piperazine rings is 1. The molecule has 4 unspecified atom stereocenters. The summed E-state index contributed by atoms with van der Waals surface area (Å²) in [7, 11) is 1.86. The number of hydrogen-bond donors (Lipinski definition) is 1. The van der Waals surface area contributed by atoms with Crippen LogP contribution in [0.2, 0.25) is 0 Å². The Hall–Kier alpha value is -0.120. The molecule has 1 aliphatic heterocycles. The van der Waals surface area contributed by atoms with Gasteiger partial charge in [0, 0.05) is 38.3 Å². The van der Waals surface area contributed by atoms with Crippen molar-refractivity contribution < 1.29 is 4.74 Å². The van der Waals surface area contributed by atoms with Crippen LogP contribution < -0.4 is 5.32 Å². The van der Waals surface area contributed by atoms with E-state index in [4.69, 9.17) is 4.74 Å². The van der Waals surface area contributed by atoms with Crippen molar-refractivity contribution in [2.45, 2.75) is 63.8 Å². The third-order valence-electron chi connectivity index (χ3n) is 4.21. The maximum absolute atomic E-state index is 5.53. The van der Waals surface area contributed by atoms with Crippen molar-refractivity contribution in [3.05, 3.63) is 0 Å². The van der Waals surface area contributed by atoms with Crippen molar-refractivity contribution >= 4 is 0 Å². The zero-order valence-corrected chi connectivity index (χ0v) is 10.9. The summed E-state index contributed by atoms with van der Waals surface area (Å²) in [5.41, 5.74) is 0. The van der Waals surface area contributed by atoms with E-state index >= 15 is 0 Å². The second-order valence-corrected chi connectivity index (χ2v) is 5.53. The molecule has 1 N–H and O–H groups in total. The molecule has 2 aliphatic rings. The van der Waals surface area contributed by atoms with Gasteiger partial charge in [-0.05, 0) is 39.5 Å². The van der Waals surface area contributed by atoms with Gasteiger partial charge in [-0.2, -0.15) is 0 Å². The SMILES string of the molecule is COC1CCCC(N2CC(C)NCC2C)C1. The number of methoxy groups -OCH3 is 1. The topological polar surface area (TPSA) is 24.5 Å². The number of hydrogen-bond acceptors (Lipinski definition) is 3. The zero-order valence-electron chi connectivity index (χ0n) is 10.9.